The number of ether oxygens (including phenoxy) is 2. The Morgan fingerprint density at radius 1 is 1.32 bits per heavy atom. The van der Waals surface area contributed by atoms with E-state index in [2.05, 4.69) is 5.32 Å². The number of halogens is 1. The summed E-state index contributed by atoms with van der Waals surface area (Å²) >= 11 is 6.14. The van der Waals surface area contributed by atoms with Gasteiger partial charge in [-0.25, -0.2) is 0 Å². The fourth-order valence-electron chi connectivity index (χ4n) is 2.05. The number of nitrogens with one attached hydrogen (secondary N) is 1. The minimum Gasteiger partial charge on any atom is -0.486 e. The molecule has 0 aliphatic carbocycles. The molecule has 0 saturated heterocycles. The Morgan fingerprint density at radius 3 is 3.00 bits per heavy atom. The number of hydrogen-bond acceptors (Lipinski definition) is 4. The zero-order valence-electron chi connectivity index (χ0n) is 11.7. The molecule has 5 nitrogen and oxygen atoms in total. The second kappa shape index (κ2) is 6.58. The van der Waals surface area contributed by atoms with E-state index in [1.54, 1.807) is 36.6 Å². The summed E-state index contributed by atoms with van der Waals surface area (Å²) in [5, 5.41) is 3.19. The molecule has 0 saturated carbocycles. The topological polar surface area (TPSA) is 60.7 Å². The molecular weight excluding hydrogens is 306 g/mol. The Labute approximate surface area is 132 Å². The minimum absolute atomic E-state index is 0.220. The van der Waals surface area contributed by atoms with Crippen LogP contribution < -0.4 is 14.8 Å². The van der Waals surface area contributed by atoms with Gasteiger partial charge in [0.25, 0.3) is 0 Å². The maximum Gasteiger partial charge on any atom is 0.244 e. The SMILES string of the molecule is O=C(C=Cc1cc(Cl)c2c(c1)OCCO2)NCc1ccco1. The van der Waals surface area contributed by atoms with Gasteiger partial charge in [0.15, 0.2) is 11.5 Å². The number of furan rings is 1. The molecule has 1 aliphatic rings. The van der Waals surface area contributed by atoms with E-state index in [9.17, 15) is 4.79 Å². The zero-order chi connectivity index (χ0) is 15.4. The highest BCUT2D eigenvalue weighted by molar-refractivity contribution is 6.32. The molecule has 22 heavy (non-hydrogen) atoms. The van der Waals surface area contributed by atoms with Crippen LogP contribution in [0.25, 0.3) is 6.08 Å². The molecule has 2 aromatic rings. The first-order valence-electron chi connectivity index (χ1n) is 6.80. The summed E-state index contributed by atoms with van der Waals surface area (Å²) in [6.07, 6.45) is 4.67. The van der Waals surface area contributed by atoms with E-state index >= 15 is 0 Å². The molecule has 0 unspecified atom stereocenters. The van der Waals surface area contributed by atoms with E-state index in [1.165, 1.54) is 6.08 Å². The molecule has 3 rings (SSSR count). The van der Waals surface area contributed by atoms with E-state index in [1.807, 2.05) is 0 Å². The van der Waals surface area contributed by atoms with Crippen molar-refractivity contribution < 1.29 is 18.7 Å². The Balaban J connectivity index is 1.64. The van der Waals surface area contributed by atoms with E-state index in [0.29, 0.717) is 42.0 Å². The van der Waals surface area contributed by atoms with E-state index in [4.69, 9.17) is 25.5 Å². The van der Waals surface area contributed by atoms with Crippen LogP contribution in [0.1, 0.15) is 11.3 Å². The fourth-order valence-corrected chi connectivity index (χ4v) is 2.32. The third-order valence-electron chi connectivity index (χ3n) is 3.06. The second-order valence-electron chi connectivity index (χ2n) is 4.66. The van der Waals surface area contributed by atoms with Crippen LogP contribution in [-0.4, -0.2) is 19.1 Å². The first kappa shape index (κ1) is 14.5. The third kappa shape index (κ3) is 3.43. The lowest BCUT2D eigenvalue weighted by atomic mass is 10.1. The number of hydrogen-bond donors (Lipinski definition) is 1. The first-order chi connectivity index (χ1) is 10.7. The van der Waals surface area contributed by atoms with Gasteiger partial charge in [0, 0.05) is 6.08 Å². The normalized spacial score (nSPS) is 13.3. The summed E-state index contributed by atoms with van der Waals surface area (Å²) in [7, 11) is 0. The molecule has 0 fully saturated rings. The molecular formula is C16H14ClNO4. The predicted octanol–water partition coefficient (Wildman–Crippen LogP) is 3.03. The summed E-state index contributed by atoms with van der Waals surface area (Å²) in [4.78, 5) is 11.8. The first-order valence-corrected chi connectivity index (χ1v) is 7.17. The van der Waals surface area contributed by atoms with Gasteiger partial charge in [0.1, 0.15) is 19.0 Å². The molecule has 1 aromatic carbocycles. The van der Waals surface area contributed by atoms with Crippen LogP contribution in [0.4, 0.5) is 0 Å². The summed E-state index contributed by atoms with van der Waals surface area (Å²) in [6, 6.07) is 7.08. The standard InChI is InChI=1S/C16H14ClNO4/c17-13-8-11(9-14-16(13)22-7-6-21-14)3-4-15(19)18-10-12-2-1-5-20-12/h1-5,8-9H,6-7,10H2,(H,18,19). The Morgan fingerprint density at radius 2 is 2.18 bits per heavy atom. The molecule has 0 bridgehead atoms. The largest absolute Gasteiger partial charge is 0.486 e. The lowest BCUT2D eigenvalue weighted by Crippen LogP contribution is -2.19. The van der Waals surface area contributed by atoms with Crippen LogP contribution >= 0.6 is 11.6 Å². The van der Waals surface area contributed by atoms with Crippen LogP contribution in [0.2, 0.25) is 5.02 Å². The molecule has 1 N–H and O–H groups in total. The van der Waals surface area contributed by atoms with Gasteiger partial charge in [-0.2, -0.15) is 0 Å². The molecule has 0 spiro atoms. The molecule has 1 amide bonds. The van der Waals surface area contributed by atoms with Crippen molar-refractivity contribution in [1.82, 2.24) is 5.32 Å². The third-order valence-corrected chi connectivity index (χ3v) is 3.34. The summed E-state index contributed by atoms with van der Waals surface area (Å²) in [5.41, 5.74) is 0.766. The molecule has 0 atom stereocenters. The number of benzene rings is 1. The van der Waals surface area contributed by atoms with Crippen LogP contribution in [-0.2, 0) is 11.3 Å². The summed E-state index contributed by atoms with van der Waals surface area (Å²) < 4.78 is 16.1. The highest BCUT2D eigenvalue weighted by Gasteiger charge is 2.15. The van der Waals surface area contributed by atoms with Crippen molar-refractivity contribution >= 4 is 23.6 Å². The quantitative estimate of drug-likeness (QED) is 0.880. The van der Waals surface area contributed by atoms with Gasteiger partial charge in [-0.1, -0.05) is 11.6 Å². The number of rotatable bonds is 4. The van der Waals surface area contributed by atoms with E-state index in [-0.39, 0.29) is 5.91 Å². The monoisotopic (exact) mass is 319 g/mol. The average molecular weight is 320 g/mol. The highest BCUT2D eigenvalue weighted by atomic mass is 35.5. The fraction of sp³-hybridized carbons (Fsp3) is 0.188. The van der Waals surface area contributed by atoms with E-state index < -0.39 is 0 Å². The van der Waals surface area contributed by atoms with Gasteiger partial charge in [0.05, 0.1) is 17.8 Å². The van der Waals surface area contributed by atoms with Gasteiger partial charge in [-0.3, -0.25) is 4.79 Å². The summed E-state index contributed by atoms with van der Waals surface area (Å²) in [6.45, 7) is 1.31. The van der Waals surface area contributed by atoms with Crippen molar-refractivity contribution in [2.45, 2.75) is 6.54 Å². The molecule has 2 heterocycles. The van der Waals surface area contributed by atoms with E-state index in [0.717, 1.165) is 5.56 Å². The van der Waals surface area contributed by atoms with Crippen molar-refractivity contribution in [1.29, 1.82) is 0 Å². The molecule has 0 radical (unpaired) electrons. The zero-order valence-corrected chi connectivity index (χ0v) is 12.4. The number of carbonyl (C=O) groups excluding carboxylic acids is 1. The lowest BCUT2D eigenvalue weighted by Gasteiger charge is -2.19. The van der Waals surface area contributed by atoms with Gasteiger partial charge in [-0.15, -0.1) is 0 Å². The predicted molar refractivity (Wildman–Crippen MR) is 82.0 cm³/mol. The van der Waals surface area contributed by atoms with Crippen LogP contribution in [0.15, 0.2) is 41.0 Å². The number of fused-ring (bicyclic) bond motifs is 1. The molecule has 114 valence electrons. The molecule has 1 aliphatic heterocycles. The maximum absolute atomic E-state index is 11.8. The van der Waals surface area contributed by atoms with Crippen LogP contribution in [0.3, 0.4) is 0 Å². The summed E-state index contributed by atoms with van der Waals surface area (Å²) in [5.74, 6) is 1.62. The smallest absolute Gasteiger partial charge is 0.244 e. The Bertz CT molecular complexity index is 694. The van der Waals surface area contributed by atoms with Crippen molar-refractivity contribution in [2.24, 2.45) is 0 Å². The maximum atomic E-state index is 11.8. The number of amides is 1. The van der Waals surface area contributed by atoms with Crippen molar-refractivity contribution in [2.75, 3.05) is 13.2 Å². The highest BCUT2D eigenvalue weighted by Crippen LogP contribution is 2.38. The Kier molecular flexibility index (Phi) is 4.34. The lowest BCUT2D eigenvalue weighted by molar-refractivity contribution is -0.116. The van der Waals surface area contributed by atoms with Gasteiger partial charge in [0.2, 0.25) is 5.91 Å². The minimum atomic E-state index is -0.220. The average Bonchev–Trinajstić information content (AvgIpc) is 3.04. The second-order valence-corrected chi connectivity index (χ2v) is 5.06. The van der Waals surface area contributed by atoms with Crippen molar-refractivity contribution in [3.05, 3.63) is 53.0 Å². The molecule has 1 aromatic heterocycles. The van der Waals surface area contributed by atoms with Crippen LogP contribution in [0, 0.1) is 0 Å². The van der Waals surface area contributed by atoms with Crippen LogP contribution in [0.5, 0.6) is 11.5 Å². The van der Waals surface area contributed by atoms with Crippen molar-refractivity contribution in [3.63, 3.8) is 0 Å². The van der Waals surface area contributed by atoms with Gasteiger partial charge < -0.3 is 19.2 Å². The Hall–Kier alpha value is -2.40. The molecule has 6 heteroatoms. The van der Waals surface area contributed by atoms with Gasteiger partial charge in [-0.05, 0) is 35.9 Å². The number of carbonyl (C=O) groups is 1. The van der Waals surface area contributed by atoms with Gasteiger partial charge >= 0.3 is 0 Å². The van der Waals surface area contributed by atoms with Crippen molar-refractivity contribution in [3.8, 4) is 11.5 Å².